The number of hydrogen-bond donors (Lipinski definition) is 3. The molecule has 0 saturated carbocycles. The van der Waals surface area contributed by atoms with Crippen molar-refractivity contribution in [2.75, 3.05) is 5.32 Å². The smallest absolute Gasteiger partial charge is 0.139 e. The van der Waals surface area contributed by atoms with E-state index in [1.165, 1.54) is 23.1 Å². The molecule has 3 atom stereocenters. The van der Waals surface area contributed by atoms with Crippen LogP contribution in [0.4, 0.5) is 11.4 Å². The number of pyridine rings is 1. The molecule has 242 valence electrons. The van der Waals surface area contributed by atoms with Crippen molar-refractivity contribution in [2.45, 2.75) is 105 Å². The van der Waals surface area contributed by atoms with Crippen molar-refractivity contribution in [3.63, 3.8) is 0 Å². The molecular formula is C38H53N5OS. The average Bonchev–Trinajstić information content (AvgIpc) is 3.64. The number of benzene rings is 1. The first-order chi connectivity index (χ1) is 21.5. The molecule has 0 bridgehead atoms. The molecule has 4 aromatic rings. The predicted octanol–water partition coefficient (Wildman–Crippen LogP) is 10.3. The Morgan fingerprint density at radius 1 is 1.13 bits per heavy atom. The number of anilines is 2. The fourth-order valence-corrected chi connectivity index (χ4v) is 7.75. The van der Waals surface area contributed by atoms with Gasteiger partial charge in [0.2, 0.25) is 0 Å². The lowest BCUT2D eigenvalue weighted by Gasteiger charge is -2.32. The maximum absolute atomic E-state index is 13.7. The van der Waals surface area contributed by atoms with E-state index in [0.29, 0.717) is 35.9 Å². The van der Waals surface area contributed by atoms with Crippen molar-refractivity contribution in [3.8, 4) is 0 Å². The van der Waals surface area contributed by atoms with E-state index in [4.69, 9.17) is 5.73 Å². The number of aromatic amines is 1. The van der Waals surface area contributed by atoms with Crippen LogP contribution in [0, 0.1) is 29.1 Å². The number of fused-ring (bicyclic) bond motifs is 2. The third-order valence-electron chi connectivity index (χ3n) is 9.85. The van der Waals surface area contributed by atoms with E-state index in [0.717, 1.165) is 72.1 Å². The molecule has 1 aliphatic carbocycles. The van der Waals surface area contributed by atoms with E-state index in [1.54, 1.807) is 11.3 Å². The summed E-state index contributed by atoms with van der Waals surface area (Å²) in [6, 6.07) is 10.8. The summed E-state index contributed by atoms with van der Waals surface area (Å²) in [5.74, 6) is 2.58. The van der Waals surface area contributed by atoms with Gasteiger partial charge in [0.1, 0.15) is 11.4 Å². The maximum atomic E-state index is 13.7. The van der Waals surface area contributed by atoms with E-state index < -0.39 is 0 Å². The molecule has 45 heavy (non-hydrogen) atoms. The SMILES string of the molecule is CC(C)CC(CCCC(N)C(C)C)CC(C)(C)C(=O)CC1CC=C(c2cc3c(Nc4ccc5ncsc5c4)ccnc3[nH]2)CC1. The minimum Gasteiger partial charge on any atom is -0.355 e. The predicted molar refractivity (Wildman–Crippen MR) is 192 cm³/mol. The fraction of sp³-hybridized carbons (Fsp3) is 0.553. The van der Waals surface area contributed by atoms with Crippen LogP contribution in [0.5, 0.6) is 0 Å². The fourth-order valence-electron chi connectivity index (χ4n) is 7.04. The average molecular weight is 628 g/mol. The molecule has 6 nitrogen and oxygen atoms in total. The summed E-state index contributed by atoms with van der Waals surface area (Å²) >= 11 is 1.65. The number of rotatable bonds is 15. The van der Waals surface area contributed by atoms with Gasteiger partial charge in [-0.2, -0.15) is 0 Å². The number of carbonyl (C=O) groups excluding carboxylic acids is 1. The highest BCUT2D eigenvalue weighted by Crippen LogP contribution is 2.39. The lowest BCUT2D eigenvalue weighted by molar-refractivity contribution is -0.129. The summed E-state index contributed by atoms with van der Waals surface area (Å²) in [6.45, 7) is 13.4. The molecule has 1 aliphatic rings. The van der Waals surface area contributed by atoms with Crippen LogP contribution in [-0.2, 0) is 4.79 Å². The number of nitrogens with zero attached hydrogens (tertiary/aromatic N) is 2. The summed E-state index contributed by atoms with van der Waals surface area (Å²) in [7, 11) is 0. The molecule has 0 aliphatic heterocycles. The lowest BCUT2D eigenvalue weighted by Crippen LogP contribution is -2.30. The zero-order valence-electron chi connectivity index (χ0n) is 28.2. The number of ketones is 1. The zero-order valence-corrected chi connectivity index (χ0v) is 29.0. The van der Waals surface area contributed by atoms with Crippen LogP contribution in [0.2, 0.25) is 0 Å². The van der Waals surface area contributed by atoms with Gasteiger partial charge in [0.25, 0.3) is 0 Å². The molecule has 0 saturated heterocycles. The van der Waals surface area contributed by atoms with Gasteiger partial charge in [-0.3, -0.25) is 4.79 Å². The Labute approximate surface area is 273 Å². The third-order valence-corrected chi connectivity index (χ3v) is 10.6. The highest BCUT2D eigenvalue weighted by atomic mass is 32.1. The minimum absolute atomic E-state index is 0.271. The molecule has 0 spiro atoms. The molecule has 3 aromatic heterocycles. The molecule has 0 fully saturated rings. The number of nitrogens with two attached hydrogens (primary N) is 1. The van der Waals surface area contributed by atoms with Gasteiger partial charge in [0.15, 0.2) is 0 Å². The summed E-state index contributed by atoms with van der Waals surface area (Å²) in [5.41, 5.74) is 14.4. The van der Waals surface area contributed by atoms with Crippen LogP contribution < -0.4 is 11.1 Å². The number of nitrogens with one attached hydrogen (secondary N) is 2. The summed E-state index contributed by atoms with van der Waals surface area (Å²) in [5, 5.41) is 4.67. The van der Waals surface area contributed by atoms with Gasteiger partial charge >= 0.3 is 0 Å². The van der Waals surface area contributed by atoms with Gasteiger partial charge < -0.3 is 16.0 Å². The van der Waals surface area contributed by atoms with Gasteiger partial charge in [0.05, 0.1) is 21.4 Å². The van der Waals surface area contributed by atoms with Crippen molar-refractivity contribution >= 4 is 55.3 Å². The van der Waals surface area contributed by atoms with Crippen molar-refractivity contribution in [1.29, 1.82) is 0 Å². The molecule has 0 amide bonds. The Morgan fingerprint density at radius 2 is 1.96 bits per heavy atom. The Hall–Kier alpha value is -3.03. The van der Waals surface area contributed by atoms with Crippen molar-refractivity contribution in [1.82, 2.24) is 15.0 Å². The molecular weight excluding hydrogens is 575 g/mol. The molecule has 7 heteroatoms. The Morgan fingerprint density at radius 3 is 2.69 bits per heavy atom. The summed E-state index contributed by atoms with van der Waals surface area (Å²) in [4.78, 5) is 26.2. The standard InChI is InChI=1S/C38H53N5OS/c1-24(2)18-27(8-7-9-31(39)25(3)4)22-38(5,6)36(44)19-26-10-12-28(13-11-26)34-21-30-32(16-17-40-37(30)43-34)42-29-14-15-33-35(20-29)45-23-41-33/h12,14-17,20-21,23-27,31H,7-11,13,18-19,22,39H2,1-6H3,(H2,40,42,43). The quantitative estimate of drug-likeness (QED) is 0.122. The van der Waals surface area contributed by atoms with Gasteiger partial charge in [-0.05, 0) is 98.1 Å². The van der Waals surface area contributed by atoms with Crippen LogP contribution in [0.3, 0.4) is 0 Å². The number of carbonyl (C=O) groups is 1. The van der Waals surface area contributed by atoms with Crippen molar-refractivity contribution in [2.24, 2.45) is 34.8 Å². The molecule has 3 unspecified atom stereocenters. The second-order valence-electron chi connectivity index (χ2n) is 14.9. The number of aromatic nitrogens is 3. The zero-order chi connectivity index (χ0) is 32.1. The number of allylic oxidation sites excluding steroid dienone is 2. The first-order valence-electron chi connectivity index (χ1n) is 17.0. The van der Waals surface area contributed by atoms with Gasteiger partial charge in [-0.1, -0.05) is 60.5 Å². The van der Waals surface area contributed by atoms with Crippen LogP contribution >= 0.6 is 11.3 Å². The first kappa shape index (κ1) is 33.3. The Kier molecular flexibility index (Phi) is 10.8. The van der Waals surface area contributed by atoms with E-state index in [2.05, 4.69) is 92.2 Å². The van der Waals surface area contributed by atoms with E-state index in [9.17, 15) is 4.79 Å². The summed E-state index contributed by atoms with van der Waals surface area (Å²) < 4.78 is 1.17. The monoisotopic (exact) mass is 627 g/mol. The van der Waals surface area contributed by atoms with Crippen LogP contribution in [-0.4, -0.2) is 26.8 Å². The second kappa shape index (κ2) is 14.6. The molecule has 4 N–H and O–H groups in total. The Balaban J connectivity index is 1.19. The van der Waals surface area contributed by atoms with Gasteiger partial charge in [-0.15, -0.1) is 11.3 Å². The number of hydrogen-bond acceptors (Lipinski definition) is 6. The Bertz CT molecular complexity index is 1610. The van der Waals surface area contributed by atoms with Crippen molar-refractivity contribution in [3.05, 3.63) is 53.8 Å². The highest BCUT2D eigenvalue weighted by Gasteiger charge is 2.33. The normalized spacial score (nSPS) is 17.3. The van der Waals surface area contributed by atoms with Crippen LogP contribution in [0.25, 0.3) is 26.8 Å². The molecule has 1 aromatic carbocycles. The molecule has 5 rings (SSSR count). The number of thiazole rings is 1. The van der Waals surface area contributed by atoms with Crippen molar-refractivity contribution < 1.29 is 4.79 Å². The number of H-pyrrole nitrogens is 1. The van der Waals surface area contributed by atoms with Crippen LogP contribution in [0.1, 0.15) is 105 Å². The molecule has 0 radical (unpaired) electrons. The summed E-state index contributed by atoms with van der Waals surface area (Å²) in [6.07, 6.45) is 13.4. The highest BCUT2D eigenvalue weighted by molar-refractivity contribution is 7.16. The topological polar surface area (TPSA) is 96.7 Å². The lowest BCUT2D eigenvalue weighted by atomic mass is 9.72. The largest absolute Gasteiger partial charge is 0.355 e. The molecule has 3 heterocycles. The van der Waals surface area contributed by atoms with E-state index >= 15 is 0 Å². The van der Waals surface area contributed by atoms with Crippen LogP contribution in [0.15, 0.2) is 48.1 Å². The van der Waals surface area contributed by atoms with E-state index in [-0.39, 0.29) is 11.5 Å². The maximum Gasteiger partial charge on any atom is 0.139 e. The van der Waals surface area contributed by atoms with E-state index in [1.807, 2.05) is 17.8 Å². The van der Waals surface area contributed by atoms with Gasteiger partial charge in [0, 0.05) is 40.8 Å². The second-order valence-corrected chi connectivity index (χ2v) is 15.8. The third kappa shape index (κ3) is 8.62. The first-order valence-corrected chi connectivity index (χ1v) is 17.9. The van der Waals surface area contributed by atoms with Gasteiger partial charge in [-0.25, -0.2) is 9.97 Å². The minimum atomic E-state index is -0.291. The number of Topliss-reactive ketones (excluding diaryl/α,β-unsaturated/α-hetero) is 1.